The first-order chi connectivity index (χ1) is 9.88. The largest absolute Gasteiger partial charge is 0.396 e. The molecule has 1 rings (SSSR count). The molecule has 0 aliphatic heterocycles. The zero-order valence-electron chi connectivity index (χ0n) is 11.5. The van der Waals surface area contributed by atoms with Gasteiger partial charge in [-0.3, -0.25) is 14.9 Å². The van der Waals surface area contributed by atoms with Crippen molar-refractivity contribution in [3.8, 4) is 0 Å². The fourth-order valence-corrected chi connectivity index (χ4v) is 1.81. The number of benzene rings is 1. The van der Waals surface area contributed by atoms with Crippen LogP contribution in [0.3, 0.4) is 0 Å². The van der Waals surface area contributed by atoms with Crippen molar-refractivity contribution in [2.75, 3.05) is 20.2 Å². The third kappa shape index (κ3) is 4.45. The average molecular weight is 302 g/mol. The molecule has 0 atom stereocenters. The summed E-state index contributed by atoms with van der Waals surface area (Å²) in [6.45, 7) is 0.324. The van der Waals surface area contributed by atoms with Crippen LogP contribution in [0.25, 0.3) is 0 Å². The van der Waals surface area contributed by atoms with Crippen LogP contribution in [-0.2, 0) is 0 Å². The number of amides is 1. The van der Waals surface area contributed by atoms with Crippen molar-refractivity contribution in [2.24, 2.45) is 0 Å². The molecule has 1 aromatic rings. The molecular weight excluding hydrogens is 286 g/mol. The SMILES string of the molecule is CN(CCCCCO)C(=O)c1cc(F)cc([N+](=O)[O-])c1F. The average Bonchev–Trinajstić information content (AvgIpc) is 2.44. The van der Waals surface area contributed by atoms with Gasteiger partial charge in [-0.1, -0.05) is 0 Å². The molecular formula is C13H16F2N2O4. The third-order valence-corrected chi connectivity index (χ3v) is 2.94. The van der Waals surface area contributed by atoms with Crippen LogP contribution < -0.4 is 0 Å². The summed E-state index contributed by atoms with van der Waals surface area (Å²) < 4.78 is 27.1. The summed E-state index contributed by atoms with van der Waals surface area (Å²) in [6, 6.07) is 1.09. The smallest absolute Gasteiger partial charge is 0.308 e. The van der Waals surface area contributed by atoms with E-state index in [1.807, 2.05) is 0 Å². The fourth-order valence-electron chi connectivity index (χ4n) is 1.81. The van der Waals surface area contributed by atoms with Gasteiger partial charge in [0, 0.05) is 20.2 Å². The van der Waals surface area contributed by atoms with Gasteiger partial charge in [-0.05, 0) is 25.3 Å². The van der Waals surface area contributed by atoms with Crippen LogP contribution in [0.15, 0.2) is 12.1 Å². The van der Waals surface area contributed by atoms with E-state index in [4.69, 9.17) is 5.11 Å². The molecule has 0 heterocycles. The van der Waals surface area contributed by atoms with E-state index in [2.05, 4.69) is 0 Å². The minimum atomic E-state index is -1.34. The molecule has 6 nitrogen and oxygen atoms in total. The van der Waals surface area contributed by atoms with E-state index in [1.165, 1.54) is 11.9 Å². The second-order valence-corrected chi connectivity index (χ2v) is 4.55. The monoisotopic (exact) mass is 302 g/mol. The highest BCUT2D eigenvalue weighted by atomic mass is 19.1. The quantitative estimate of drug-likeness (QED) is 0.475. The van der Waals surface area contributed by atoms with Gasteiger partial charge in [0.1, 0.15) is 5.82 Å². The maximum atomic E-state index is 13.9. The van der Waals surface area contributed by atoms with Crippen molar-refractivity contribution in [1.29, 1.82) is 0 Å². The number of nitro benzene ring substituents is 1. The van der Waals surface area contributed by atoms with Crippen LogP contribution in [0.1, 0.15) is 29.6 Å². The number of halogens is 2. The van der Waals surface area contributed by atoms with E-state index in [9.17, 15) is 23.7 Å². The standard InChI is InChI=1S/C13H16F2N2O4/c1-16(5-3-2-4-6-18)13(19)10-7-9(14)8-11(12(10)15)17(20)21/h7-8,18H,2-6H2,1H3. The van der Waals surface area contributed by atoms with E-state index in [0.717, 1.165) is 0 Å². The molecule has 0 aromatic heterocycles. The maximum Gasteiger partial charge on any atom is 0.308 e. The number of rotatable bonds is 7. The van der Waals surface area contributed by atoms with Gasteiger partial charge in [-0.2, -0.15) is 4.39 Å². The summed E-state index contributed by atoms with van der Waals surface area (Å²) >= 11 is 0. The highest BCUT2D eigenvalue weighted by molar-refractivity contribution is 5.95. The highest BCUT2D eigenvalue weighted by Crippen LogP contribution is 2.23. The molecule has 0 saturated carbocycles. The fraction of sp³-hybridized carbons (Fsp3) is 0.462. The molecule has 0 aliphatic rings. The first-order valence-electron chi connectivity index (χ1n) is 6.38. The number of aliphatic hydroxyl groups excluding tert-OH is 1. The number of nitro groups is 1. The first-order valence-corrected chi connectivity index (χ1v) is 6.38. The lowest BCUT2D eigenvalue weighted by molar-refractivity contribution is -0.387. The summed E-state index contributed by atoms with van der Waals surface area (Å²) in [4.78, 5) is 22.7. The number of hydrogen-bond acceptors (Lipinski definition) is 4. The first kappa shape index (κ1) is 17.0. The Kier molecular flexibility index (Phi) is 6.16. The van der Waals surface area contributed by atoms with Crippen LogP contribution in [0.2, 0.25) is 0 Å². The maximum absolute atomic E-state index is 13.9. The predicted octanol–water partition coefficient (Wildman–Crippen LogP) is 2.11. The molecule has 0 aliphatic carbocycles. The summed E-state index contributed by atoms with van der Waals surface area (Å²) in [6.07, 6.45) is 1.85. The molecule has 0 spiro atoms. The number of hydrogen-bond donors (Lipinski definition) is 1. The van der Waals surface area contributed by atoms with E-state index >= 15 is 0 Å². The van der Waals surface area contributed by atoms with E-state index < -0.39 is 33.7 Å². The second kappa shape index (κ2) is 7.63. The van der Waals surface area contributed by atoms with Crippen LogP contribution in [0.4, 0.5) is 14.5 Å². The van der Waals surface area contributed by atoms with E-state index in [-0.39, 0.29) is 13.2 Å². The molecule has 0 radical (unpaired) electrons. The Morgan fingerprint density at radius 3 is 2.57 bits per heavy atom. The van der Waals surface area contributed by atoms with Crippen molar-refractivity contribution in [3.63, 3.8) is 0 Å². The van der Waals surface area contributed by atoms with Gasteiger partial charge >= 0.3 is 5.69 Å². The number of nitrogens with zero attached hydrogens (tertiary/aromatic N) is 2. The minimum absolute atomic E-state index is 0.0440. The van der Waals surface area contributed by atoms with Gasteiger partial charge in [-0.25, -0.2) is 4.39 Å². The Morgan fingerprint density at radius 1 is 1.33 bits per heavy atom. The lowest BCUT2D eigenvalue weighted by Crippen LogP contribution is -2.29. The van der Waals surface area contributed by atoms with Crippen molar-refractivity contribution >= 4 is 11.6 Å². The Balaban J connectivity index is 2.89. The van der Waals surface area contributed by atoms with Crippen LogP contribution in [0, 0.1) is 21.7 Å². The van der Waals surface area contributed by atoms with Crippen LogP contribution in [0.5, 0.6) is 0 Å². The summed E-state index contributed by atoms with van der Waals surface area (Å²) in [5.74, 6) is -3.20. The molecule has 1 amide bonds. The summed E-state index contributed by atoms with van der Waals surface area (Å²) in [5.41, 5.74) is -1.72. The molecule has 116 valence electrons. The molecule has 1 aromatic carbocycles. The van der Waals surface area contributed by atoms with Crippen molar-refractivity contribution in [2.45, 2.75) is 19.3 Å². The Labute approximate surface area is 120 Å². The van der Waals surface area contributed by atoms with Crippen molar-refractivity contribution in [1.82, 2.24) is 4.90 Å². The number of unbranched alkanes of at least 4 members (excludes halogenated alkanes) is 2. The lowest BCUT2D eigenvalue weighted by Gasteiger charge is -2.17. The molecule has 0 fully saturated rings. The third-order valence-electron chi connectivity index (χ3n) is 2.94. The highest BCUT2D eigenvalue weighted by Gasteiger charge is 2.25. The molecule has 0 bridgehead atoms. The van der Waals surface area contributed by atoms with Gasteiger partial charge in [0.15, 0.2) is 0 Å². The Bertz CT molecular complexity index is 537. The molecule has 8 heteroatoms. The zero-order chi connectivity index (χ0) is 16.0. The lowest BCUT2D eigenvalue weighted by atomic mass is 10.1. The van der Waals surface area contributed by atoms with Crippen LogP contribution >= 0.6 is 0 Å². The zero-order valence-corrected chi connectivity index (χ0v) is 11.5. The van der Waals surface area contributed by atoms with E-state index in [0.29, 0.717) is 31.4 Å². The Morgan fingerprint density at radius 2 is 2.00 bits per heavy atom. The van der Waals surface area contributed by atoms with Gasteiger partial charge in [0.2, 0.25) is 5.82 Å². The van der Waals surface area contributed by atoms with E-state index in [1.54, 1.807) is 0 Å². The molecule has 0 unspecified atom stereocenters. The molecule has 0 saturated heterocycles. The van der Waals surface area contributed by atoms with Gasteiger partial charge in [-0.15, -0.1) is 0 Å². The Hall–Kier alpha value is -2.09. The van der Waals surface area contributed by atoms with Gasteiger partial charge in [0.05, 0.1) is 16.6 Å². The summed E-state index contributed by atoms with van der Waals surface area (Å²) in [5, 5.41) is 19.2. The van der Waals surface area contributed by atoms with Gasteiger partial charge in [0.25, 0.3) is 5.91 Å². The minimum Gasteiger partial charge on any atom is -0.396 e. The normalized spacial score (nSPS) is 10.5. The topological polar surface area (TPSA) is 83.7 Å². The van der Waals surface area contributed by atoms with Crippen molar-refractivity contribution in [3.05, 3.63) is 39.4 Å². The number of aliphatic hydroxyl groups is 1. The van der Waals surface area contributed by atoms with Crippen LogP contribution in [-0.4, -0.2) is 41.0 Å². The molecule has 1 N–H and O–H groups in total. The summed E-state index contributed by atoms with van der Waals surface area (Å²) in [7, 11) is 1.40. The number of carbonyl (C=O) groups excluding carboxylic acids is 1. The second-order valence-electron chi connectivity index (χ2n) is 4.55. The number of carbonyl (C=O) groups is 1. The predicted molar refractivity (Wildman–Crippen MR) is 70.9 cm³/mol. The van der Waals surface area contributed by atoms with Gasteiger partial charge < -0.3 is 10.0 Å². The molecule has 21 heavy (non-hydrogen) atoms. The van der Waals surface area contributed by atoms with Crippen molar-refractivity contribution < 1.29 is 23.6 Å².